The molecule has 1 saturated heterocycles. The number of rotatable bonds is 7. The molecule has 3 aliphatic rings. The van der Waals surface area contributed by atoms with Crippen LogP contribution in [0.4, 0.5) is 5.69 Å². The summed E-state index contributed by atoms with van der Waals surface area (Å²) in [6.45, 7) is 1.23. The Hall–Kier alpha value is -3.15. The molecular formula is C25H27N3O3. The van der Waals surface area contributed by atoms with Crippen molar-refractivity contribution in [1.82, 2.24) is 10.2 Å². The summed E-state index contributed by atoms with van der Waals surface area (Å²) in [6.07, 6.45) is 5.58. The van der Waals surface area contributed by atoms with E-state index in [1.165, 1.54) is 0 Å². The Labute approximate surface area is 182 Å². The third-order valence-corrected chi connectivity index (χ3v) is 6.21. The number of carbonyl (C=O) groups excluding carboxylic acids is 3. The number of hydrogen-bond acceptors (Lipinski definition) is 3. The van der Waals surface area contributed by atoms with E-state index in [0.717, 1.165) is 43.4 Å². The minimum atomic E-state index is -0.0301. The van der Waals surface area contributed by atoms with Gasteiger partial charge in [0.05, 0.1) is 0 Å². The number of amides is 3. The molecule has 5 rings (SSSR count). The van der Waals surface area contributed by atoms with Gasteiger partial charge in [-0.25, -0.2) is 0 Å². The first-order chi connectivity index (χ1) is 15.1. The van der Waals surface area contributed by atoms with Gasteiger partial charge in [-0.3, -0.25) is 14.4 Å². The van der Waals surface area contributed by atoms with Crippen molar-refractivity contribution < 1.29 is 14.4 Å². The molecule has 0 atom stereocenters. The first kappa shape index (κ1) is 19.8. The zero-order valence-corrected chi connectivity index (χ0v) is 17.5. The van der Waals surface area contributed by atoms with Gasteiger partial charge in [0.1, 0.15) is 0 Å². The molecular weight excluding hydrogens is 390 g/mol. The fourth-order valence-electron chi connectivity index (χ4n) is 4.10. The average molecular weight is 418 g/mol. The molecule has 1 N–H and O–H groups in total. The number of nitrogens with zero attached hydrogens (tertiary/aromatic N) is 2. The van der Waals surface area contributed by atoms with Crippen molar-refractivity contribution in [3.8, 4) is 0 Å². The number of carbonyl (C=O) groups is 3. The van der Waals surface area contributed by atoms with Gasteiger partial charge in [0.15, 0.2) is 0 Å². The Morgan fingerprint density at radius 3 is 2.42 bits per heavy atom. The summed E-state index contributed by atoms with van der Waals surface area (Å²) in [5.41, 5.74) is 3.08. The molecule has 0 bridgehead atoms. The van der Waals surface area contributed by atoms with Gasteiger partial charge in [-0.1, -0.05) is 18.2 Å². The van der Waals surface area contributed by atoms with Crippen LogP contribution in [0.3, 0.4) is 0 Å². The van der Waals surface area contributed by atoms with E-state index in [1.54, 1.807) is 4.90 Å². The highest BCUT2D eigenvalue weighted by atomic mass is 16.2. The lowest BCUT2D eigenvalue weighted by molar-refractivity contribution is -0.117. The molecule has 2 aromatic rings. The van der Waals surface area contributed by atoms with Crippen LogP contribution < -0.4 is 10.2 Å². The minimum absolute atomic E-state index is 0.00783. The first-order valence-corrected chi connectivity index (χ1v) is 11.2. The minimum Gasteiger partial charge on any atom is -0.349 e. The zero-order valence-electron chi connectivity index (χ0n) is 17.5. The molecule has 0 radical (unpaired) electrons. The largest absolute Gasteiger partial charge is 0.349 e. The van der Waals surface area contributed by atoms with Crippen molar-refractivity contribution in [2.75, 3.05) is 11.4 Å². The van der Waals surface area contributed by atoms with E-state index in [0.29, 0.717) is 36.7 Å². The standard InChI is InChI=1S/C25H27N3O3/c29-23-5-2-14-27(23)22-4-1-3-19(15-22)25(31)28(21-12-13-21)16-17-6-8-18(9-7-17)24(30)26-20-10-11-20/h1,3-4,6-9,15,20-21H,2,5,10-14,16H2,(H,26,30). The number of nitrogens with one attached hydrogen (secondary N) is 1. The lowest BCUT2D eigenvalue weighted by atomic mass is 10.1. The van der Waals surface area contributed by atoms with Crippen LogP contribution in [0.25, 0.3) is 0 Å². The number of benzene rings is 2. The molecule has 3 amide bonds. The van der Waals surface area contributed by atoms with Gasteiger partial charge in [0.2, 0.25) is 5.91 Å². The molecule has 6 heteroatoms. The normalized spacial score (nSPS) is 18.2. The maximum atomic E-state index is 13.3. The second-order valence-electron chi connectivity index (χ2n) is 8.81. The van der Waals surface area contributed by atoms with Crippen LogP contribution in [0.2, 0.25) is 0 Å². The van der Waals surface area contributed by atoms with Crippen molar-refractivity contribution >= 4 is 23.4 Å². The Balaban J connectivity index is 1.30. The molecule has 0 aromatic heterocycles. The highest BCUT2D eigenvalue weighted by Gasteiger charge is 2.33. The molecule has 0 spiro atoms. The number of anilines is 1. The summed E-state index contributed by atoms with van der Waals surface area (Å²) in [4.78, 5) is 41.3. The van der Waals surface area contributed by atoms with Crippen LogP contribution in [0.5, 0.6) is 0 Å². The van der Waals surface area contributed by atoms with Crippen LogP contribution in [-0.4, -0.2) is 41.2 Å². The van der Waals surface area contributed by atoms with Gasteiger partial charge in [0, 0.05) is 48.4 Å². The van der Waals surface area contributed by atoms with E-state index >= 15 is 0 Å². The summed E-state index contributed by atoms with van der Waals surface area (Å²) in [5.74, 6) is 0.0819. The van der Waals surface area contributed by atoms with Crippen molar-refractivity contribution in [2.45, 2.75) is 57.2 Å². The summed E-state index contributed by atoms with van der Waals surface area (Å²) in [5, 5.41) is 3.00. The SMILES string of the molecule is O=C(NC1CC1)c1ccc(CN(C(=O)c2cccc(N3CCCC3=O)c2)C2CC2)cc1. The molecule has 3 fully saturated rings. The second kappa shape index (κ2) is 8.17. The van der Waals surface area contributed by atoms with E-state index in [9.17, 15) is 14.4 Å². The topological polar surface area (TPSA) is 69.7 Å². The van der Waals surface area contributed by atoms with E-state index in [1.807, 2.05) is 53.4 Å². The Morgan fingerprint density at radius 1 is 1.00 bits per heavy atom. The van der Waals surface area contributed by atoms with Gasteiger partial charge < -0.3 is 15.1 Å². The molecule has 31 heavy (non-hydrogen) atoms. The van der Waals surface area contributed by atoms with Gasteiger partial charge in [-0.2, -0.15) is 0 Å². The van der Waals surface area contributed by atoms with Crippen LogP contribution in [0, 0.1) is 0 Å². The van der Waals surface area contributed by atoms with Crippen LogP contribution >= 0.6 is 0 Å². The van der Waals surface area contributed by atoms with Gasteiger partial charge in [0.25, 0.3) is 11.8 Å². The average Bonchev–Trinajstić information content (AvgIpc) is 3.72. The first-order valence-electron chi connectivity index (χ1n) is 11.2. The lowest BCUT2D eigenvalue weighted by Gasteiger charge is -2.24. The summed E-state index contributed by atoms with van der Waals surface area (Å²) >= 11 is 0. The maximum Gasteiger partial charge on any atom is 0.254 e. The summed E-state index contributed by atoms with van der Waals surface area (Å²) in [6, 6.07) is 15.5. The fourth-order valence-corrected chi connectivity index (χ4v) is 4.10. The molecule has 1 heterocycles. The maximum absolute atomic E-state index is 13.3. The molecule has 2 saturated carbocycles. The Morgan fingerprint density at radius 2 is 1.77 bits per heavy atom. The van der Waals surface area contributed by atoms with Crippen LogP contribution in [-0.2, 0) is 11.3 Å². The predicted octanol–water partition coefficient (Wildman–Crippen LogP) is 3.51. The van der Waals surface area contributed by atoms with Crippen molar-refractivity contribution in [3.63, 3.8) is 0 Å². The Kier molecular flexibility index (Phi) is 5.22. The number of hydrogen-bond donors (Lipinski definition) is 1. The predicted molar refractivity (Wildman–Crippen MR) is 118 cm³/mol. The van der Waals surface area contributed by atoms with E-state index < -0.39 is 0 Å². The highest BCUT2D eigenvalue weighted by molar-refractivity contribution is 5.99. The molecule has 160 valence electrons. The monoisotopic (exact) mass is 417 g/mol. The van der Waals surface area contributed by atoms with Crippen molar-refractivity contribution in [1.29, 1.82) is 0 Å². The molecule has 1 aliphatic heterocycles. The van der Waals surface area contributed by atoms with Crippen LogP contribution in [0.15, 0.2) is 48.5 Å². The van der Waals surface area contributed by atoms with E-state index in [-0.39, 0.29) is 23.8 Å². The van der Waals surface area contributed by atoms with Crippen LogP contribution in [0.1, 0.15) is 64.8 Å². The molecule has 2 aromatic carbocycles. The van der Waals surface area contributed by atoms with Gasteiger partial charge >= 0.3 is 0 Å². The zero-order chi connectivity index (χ0) is 21.4. The molecule has 0 unspecified atom stereocenters. The molecule has 6 nitrogen and oxygen atoms in total. The quantitative estimate of drug-likeness (QED) is 0.750. The fraction of sp³-hybridized carbons (Fsp3) is 0.400. The third-order valence-electron chi connectivity index (χ3n) is 6.21. The Bertz CT molecular complexity index is 1010. The van der Waals surface area contributed by atoms with E-state index in [4.69, 9.17) is 0 Å². The second-order valence-corrected chi connectivity index (χ2v) is 8.81. The van der Waals surface area contributed by atoms with Crippen molar-refractivity contribution in [3.05, 3.63) is 65.2 Å². The summed E-state index contributed by atoms with van der Waals surface area (Å²) in [7, 11) is 0. The molecule has 2 aliphatic carbocycles. The van der Waals surface area contributed by atoms with Gasteiger partial charge in [-0.05, 0) is 68.0 Å². The van der Waals surface area contributed by atoms with E-state index in [2.05, 4.69) is 5.32 Å². The van der Waals surface area contributed by atoms with Crippen molar-refractivity contribution in [2.24, 2.45) is 0 Å². The summed E-state index contributed by atoms with van der Waals surface area (Å²) < 4.78 is 0. The van der Waals surface area contributed by atoms with Gasteiger partial charge in [-0.15, -0.1) is 0 Å². The highest BCUT2D eigenvalue weighted by Crippen LogP contribution is 2.31. The smallest absolute Gasteiger partial charge is 0.254 e. The lowest BCUT2D eigenvalue weighted by Crippen LogP contribution is -2.33. The third kappa shape index (κ3) is 4.48.